The van der Waals surface area contributed by atoms with Crippen molar-refractivity contribution in [2.75, 3.05) is 20.6 Å². The van der Waals surface area contributed by atoms with Crippen molar-refractivity contribution in [2.45, 2.75) is 26.3 Å². The van der Waals surface area contributed by atoms with Gasteiger partial charge in [0.15, 0.2) is 0 Å². The summed E-state index contributed by atoms with van der Waals surface area (Å²) in [7, 11) is 4.07. The SMILES string of the molecule is Cc1ccc(-c2nc(C)sc2CC(=O)NCC(c2ccccc2)N(C)C)cc1. The fraction of sp³-hybridized carbons (Fsp3) is 0.304. The number of likely N-dealkylation sites (N-methyl/N-ethyl adjacent to an activating group) is 1. The summed E-state index contributed by atoms with van der Waals surface area (Å²) in [6, 6.07) is 18.7. The van der Waals surface area contributed by atoms with E-state index in [1.54, 1.807) is 11.3 Å². The Balaban J connectivity index is 1.69. The van der Waals surface area contributed by atoms with Crippen molar-refractivity contribution < 1.29 is 4.79 Å². The zero-order valence-corrected chi connectivity index (χ0v) is 17.7. The van der Waals surface area contributed by atoms with Crippen molar-refractivity contribution in [1.82, 2.24) is 15.2 Å². The van der Waals surface area contributed by atoms with Crippen LogP contribution in [0.3, 0.4) is 0 Å². The van der Waals surface area contributed by atoms with Crippen molar-refractivity contribution in [3.05, 3.63) is 75.6 Å². The van der Waals surface area contributed by atoms with E-state index in [2.05, 4.69) is 58.5 Å². The molecule has 0 saturated carbocycles. The molecule has 0 aliphatic rings. The Morgan fingerprint density at radius 2 is 1.75 bits per heavy atom. The quantitative estimate of drug-likeness (QED) is 0.648. The predicted octanol–water partition coefficient (Wildman–Crippen LogP) is 4.39. The standard InChI is InChI=1S/C23H27N3OS/c1-16-10-12-19(13-11-16)23-21(28-17(2)25-23)14-22(27)24-15-20(26(3)4)18-8-6-5-7-9-18/h5-13,20H,14-15H2,1-4H3,(H,24,27). The Labute approximate surface area is 171 Å². The summed E-state index contributed by atoms with van der Waals surface area (Å²) in [4.78, 5) is 20.5. The molecule has 5 heteroatoms. The fourth-order valence-corrected chi connectivity index (χ4v) is 4.18. The van der Waals surface area contributed by atoms with Gasteiger partial charge in [-0.25, -0.2) is 4.98 Å². The number of amides is 1. The Hall–Kier alpha value is -2.50. The van der Waals surface area contributed by atoms with Crippen LogP contribution >= 0.6 is 11.3 Å². The van der Waals surface area contributed by atoms with Gasteiger partial charge in [-0.1, -0.05) is 60.2 Å². The van der Waals surface area contributed by atoms with E-state index in [1.807, 2.05) is 39.2 Å². The summed E-state index contributed by atoms with van der Waals surface area (Å²) in [6.45, 7) is 4.63. The highest BCUT2D eigenvalue weighted by atomic mass is 32.1. The van der Waals surface area contributed by atoms with Crippen molar-refractivity contribution in [1.29, 1.82) is 0 Å². The number of nitrogens with one attached hydrogen (secondary N) is 1. The number of carbonyl (C=O) groups excluding carboxylic acids is 1. The van der Waals surface area contributed by atoms with Crippen molar-refractivity contribution >= 4 is 17.2 Å². The average molecular weight is 394 g/mol. The van der Waals surface area contributed by atoms with Crippen LogP contribution in [0.4, 0.5) is 0 Å². The molecule has 1 heterocycles. The summed E-state index contributed by atoms with van der Waals surface area (Å²) in [5.74, 6) is 0.0276. The minimum absolute atomic E-state index is 0.0276. The van der Waals surface area contributed by atoms with Gasteiger partial charge in [-0.05, 0) is 33.5 Å². The molecule has 1 N–H and O–H groups in total. The largest absolute Gasteiger partial charge is 0.354 e. The Kier molecular flexibility index (Phi) is 6.60. The normalized spacial score (nSPS) is 12.2. The van der Waals surface area contributed by atoms with E-state index in [0.29, 0.717) is 13.0 Å². The van der Waals surface area contributed by atoms with Gasteiger partial charge in [0.05, 0.1) is 23.2 Å². The molecule has 0 spiro atoms. The van der Waals surface area contributed by atoms with Crippen LogP contribution in [-0.2, 0) is 11.2 Å². The maximum atomic E-state index is 12.7. The topological polar surface area (TPSA) is 45.2 Å². The van der Waals surface area contributed by atoms with Crippen molar-refractivity contribution in [3.63, 3.8) is 0 Å². The lowest BCUT2D eigenvalue weighted by molar-refractivity contribution is -0.120. The number of hydrogen-bond donors (Lipinski definition) is 1. The molecule has 1 atom stereocenters. The van der Waals surface area contributed by atoms with Crippen LogP contribution < -0.4 is 5.32 Å². The number of aromatic nitrogens is 1. The van der Waals surface area contributed by atoms with Gasteiger partial charge in [0.1, 0.15) is 0 Å². The first-order valence-corrected chi connectivity index (χ1v) is 10.3. The van der Waals surface area contributed by atoms with Crippen molar-refractivity contribution in [2.24, 2.45) is 0 Å². The lowest BCUT2D eigenvalue weighted by atomic mass is 10.1. The molecule has 0 fully saturated rings. The number of carbonyl (C=O) groups is 1. The highest BCUT2D eigenvalue weighted by molar-refractivity contribution is 7.12. The first-order valence-electron chi connectivity index (χ1n) is 9.45. The number of rotatable bonds is 7. The average Bonchev–Trinajstić information content (AvgIpc) is 3.03. The molecule has 1 amide bonds. The van der Waals surface area contributed by atoms with Gasteiger partial charge in [0, 0.05) is 17.0 Å². The maximum Gasteiger partial charge on any atom is 0.225 e. The van der Waals surface area contributed by atoms with Crippen molar-refractivity contribution in [3.8, 4) is 11.3 Å². The maximum absolute atomic E-state index is 12.7. The van der Waals surface area contributed by atoms with Crippen LogP contribution in [-0.4, -0.2) is 36.4 Å². The van der Waals surface area contributed by atoms with Gasteiger partial charge in [-0.3, -0.25) is 4.79 Å². The molecule has 1 unspecified atom stereocenters. The van der Waals surface area contributed by atoms with Gasteiger partial charge < -0.3 is 10.2 Å². The van der Waals surface area contributed by atoms with E-state index in [-0.39, 0.29) is 11.9 Å². The van der Waals surface area contributed by atoms with Gasteiger partial charge in [-0.2, -0.15) is 0 Å². The zero-order chi connectivity index (χ0) is 20.1. The van der Waals surface area contributed by atoms with Crippen LogP contribution in [0.25, 0.3) is 11.3 Å². The lowest BCUT2D eigenvalue weighted by Gasteiger charge is -2.25. The summed E-state index contributed by atoms with van der Waals surface area (Å²) in [6.07, 6.45) is 0.351. The highest BCUT2D eigenvalue weighted by Crippen LogP contribution is 2.28. The van der Waals surface area contributed by atoms with Crippen LogP contribution in [0.1, 0.15) is 27.1 Å². The van der Waals surface area contributed by atoms with Crippen LogP contribution in [0.2, 0.25) is 0 Å². The molecule has 0 bridgehead atoms. The lowest BCUT2D eigenvalue weighted by Crippen LogP contribution is -2.35. The molecule has 2 aromatic carbocycles. The van der Waals surface area contributed by atoms with Crippen LogP contribution in [0.15, 0.2) is 54.6 Å². The Morgan fingerprint density at radius 1 is 1.07 bits per heavy atom. The minimum atomic E-state index is 0.0276. The summed E-state index contributed by atoms with van der Waals surface area (Å²) < 4.78 is 0. The second-order valence-corrected chi connectivity index (χ2v) is 8.53. The van der Waals surface area contributed by atoms with Crippen LogP contribution in [0, 0.1) is 13.8 Å². The molecule has 3 aromatic rings. The van der Waals surface area contributed by atoms with Gasteiger partial charge >= 0.3 is 0 Å². The third kappa shape index (κ3) is 5.06. The van der Waals surface area contributed by atoms with E-state index in [1.165, 1.54) is 11.1 Å². The fourth-order valence-electron chi connectivity index (χ4n) is 3.22. The summed E-state index contributed by atoms with van der Waals surface area (Å²) in [5, 5.41) is 4.09. The molecule has 28 heavy (non-hydrogen) atoms. The molecule has 1 aromatic heterocycles. The van der Waals surface area contributed by atoms with E-state index in [0.717, 1.165) is 21.1 Å². The Bertz CT molecular complexity index is 917. The van der Waals surface area contributed by atoms with Gasteiger partial charge in [-0.15, -0.1) is 11.3 Å². The summed E-state index contributed by atoms with van der Waals surface area (Å²) in [5.41, 5.74) is 4.39. The molecule has 3 rings (SSSR count). The van der Waals surface area contributed by atoms with E-state index in [9.17, 15) is 4.79 Å². The van der Waals surface area contributed by atoms with E-state index in [4.69, 9.17) is 0 Å². The minimum Gasteiger partial charge on any atom is -0.354 e. The molecule has 0 aliphatic heterocycles. The number of nitrogens with zero attached hydrogens (tertiary/aromatic N) is 2. The smallest absolute Gasteiger partial charge is 0.225 e. The number of hydrogen-bond acceptors (Lipinski definition) is 4. The highest BCUT2D eigenvalue weighted by Gasteiger charge is 2.18. The van der Waals surface area contributed by atoms with E-state index >= 15 is 0 Å². The molecule has 146 valence electrons. The molecule has 0 radical (unpaired) electrons. The molecule has 0 saturated heterocycles. The summed E-state index contributed by atoms with van der Waals surface area (Å²) >= 11 is 1.60. The second-order valence-electron chi connectivity index (χ2n) is 7.24. The molecular formula is C23H27N3OS. The Morgan fingerprint density at radius 3 is 2.39 bits per heavy atom. The third-order valence-corrected chi connectivity index (χ3v) is 5.72. The molecule has 0 aliphatic carbocycles. The van der Waals surface area contributed by atoms with E-state index < -0.39 is 0 Å². The number of aryl methyl sites for hydroxylation is 2. The molecular weight excluding hydrogens is 366 g/mol. The third-order valence-electron chi connectivity index (χ3n) is 4.75. The predicted molar refractivity (Wildman–Crippen MR) is 117 cm³/mol. The van der Waals surface area contributed by atoms with Gasteiger partial charge in [0.25, 0.3) is 0 Å². The van der Waals surface area contributed by atoms with Crippen LogP contribution in [0.5, 0.6) is 0 Å². The molecule has 4 nitrogen and oxygen atoms in total. The first kappa shape index (κ1) is 20.2. The monoisotopic (exact) mass is 393 g/mol. The second kappa shape index (κ2) is 9.13. The first-order chi connectivity index (χ1) is 13.4. The number of benzene rings is 2. The zero-order valence-electron chi connectivity index (χ0n) is 16.9. The van der Waals surface area contributed by atoms with Gasteiger partial charge in [0.2, 0.25) is 5.91 Å². The number of thiazole rings is 1.